The number of nitrogens with one attached hydrogen (secondary N) is 1. The third-order valence-corrected chi connectivity index (χ3v) is 4.76. The van der Waals surface area contributed by atoms with E-state index in [2.05, 4.69) is 5.32 Å². The number of aliphatic carboxylic acids is 2. The number of carboxylic acid groups (broad SMARTS) is 2. The molecular formula is C24H32N2O8. The van der Waals surface area contributed by atoms with Crippen LogP contribution in [-0.4, -0.2) is 61.5 Å². The molecule has 2 aromatic carbocycles. The summed E-state index contributed by atoms with van der Waals surface area (Å²) >= 11 is 0. The molecule has 0 saturated carbocycles. The zero-order valence-electron chi connectivity index (χ0n) is 19.9. The molecule has 2 aromatic rings. The van der Waals surface area contributed by atoms with Gasteiger partial charge in [0.2, 0.25) is 5.75 Å². The highest BCUT2D eigenvalue weighted by Crippen LogP contribution is 2.38. The second kappa shape index (κ2) is 13.7. The van der Waals surface area contributed by atoms with E-state index >= 15 is 0 Å². The third-order valence-electron chi connectivity index (χ3n) is 4.76. The summed E-state index contributed by atoms with van der Waals surface area (Å²) in [6.45, 7) is 3.43. The molecule has 0 aliphatic rings. The molecule has 0 saturated heterocycles. The monoisotopic (exact) mass is 476 g/mol. The number of benzene rings is 2. The fraction of sp³-hybridized carbons (Fsp3) is 0.375. The van der Waals surface area contributed by atoms with Crippen molar-refractivity contribution in [2.45, 2.75) is 32.4 Å². The molecule has 0 aliphatic carbocycles. The summed E-state index contributed by atoms with van der Waals surface area (Å²) in [5, 5.41) is 20.1. The predicted molar refractivity (Wildman–Crippen MR) is 126 cm³/mol. The van der Waals surface area contributed by atoms with Gasteiger partial charge in [-0.05, 0) is 30.0 Å². The summed E-state index contributed by atoms with van der Waals surface area (Å²) in [6, 6.07) is 10.5. The van der Waals surface area contributed by atoms with Crippen LogP contribution >= 0.6 is 0 Å². The van der Waals surface area contributed by atoms with Gasteiger partial charge in [0.25, 0.3) is 5.91 Å². The van der Waals surface area contributed by atoms with Gasteiger partial charge in [0.05, 0.1) is 21.3 Å². The standard InChI is InChI=1S/C15H21NO6.C9H11NO2/c1-8(2)12(15(18)19)16-14(17)9-6-10(20-3)13(22-5)11(7-9)21-4;10-8(9(11)12)6-7-4-2-1-3-5-7/h6-8,12H,1-5H3,(H,16,17)(H,18,19);1-5,8H,6,10H2,(H,11,12). The topological polar surface area (TPSA) is 157 Å². The molecule has 1 amide bonds. The highest BCUT2D eigenvalue weighted by molar-refractivity contribution is 5.97. The predicted octanol–water partition coefficient (Wildman–Crippen LogP) is 2.19. The number of carboxylic acids is 2. The van der Waals surface area contributed by atoms with Crippen molar-refractivity contribution >= 4 is 17.8 Å². The summed E-state index contributed by atoms with van der Waals surface area (Å²) in [6.07, 6.45) is 0.385. The quantitative estimate of drug-likeness (QED) is 0.403. The van der Waals surface area contributed by atoms with Crippen LogP contribution in [0.1, 0.15) is 29.8 Å². The number of amides is 1. The summed E-state index contributed by atoms with van der Waals surface area (Å²) in [5.41, 5.74) is 6.52. The van der Waals surface area contributed by atoms with Crippen LogP contribution in [-0.2, 0) is 16.0 Å². The first kappa shape index (κ1) is 28.2. The molecule has 0 fully saturated rings. The first-order chi connectivity index (χ1) is 16.0. The van der Waals surface area contributed by atoms with Crippen molar-refractivity contribution in [3.8, 4) is 17.2 Å². The molecule has 0 bridgehead atoms. The first-order valence-corrected chi connectivity index (χ1v) is 10.4. The van der Waals surface area contributed by atoms with Crippen molar-refractivity contribution in [3.63, 3.8) is 0 Å². The van der Waals surface area contributed by atoms with E-state index < -0.39 is 29.9 Å². The molecule has 186 valence electrons. The summed E-state index contributed by atoms with van der Waals surface area (Å²) in [4.78, 5) is 33.8. The molecule has 0 aromatic heterocycles. The second-order valence-corrected chi connectivity index (χ2v) is 7.58. The van der Waals surface area contributed by atoms with E-state index in [0.717, 1.165) is 5.56 Å². The highest BCUT2D eigenvalue weighted by Gasteiger charge is 2.25. The van der Waals surface area contributed by atoms with Crippen LogP contribution < -0.4 is 25.3 Å². The maximum absolute atomic E-state index is 12.3. The van der Waals surface area contributed by atoms with Gasteiger partial charge in [-0.3, -0.25) is 9.59 Å². The van der Waals surface area contributed by atoms with Crippen LogP contribution in [0.2, 0.25) is 0 Å². The van der Waals surface area contributed by atoms with Crippen molar-refractivity contribution in [2.24, 2.45) is 11.7 Å². The Balaban J connectivity index is 0.000000404. The van der Waals surface area contributed by atoms with E-state index in [4.69, 9.17) is 30.2 Å². The number of methoxy groups -OCH3 is 3. The lowest BCUT2D eigenvalue weighted by Crippen LogP contribution is -2.44. The van der Waals surface area contributed by atoms with E-state index in [-0.39, 0.29) is 11.5 Å². The van der Waals surface area contributed by atoms with Crippen molar-refractivity contribution in [2.75, 3.05) is 21.3 Å². The Kier molecular flexibility index (Phi) is 11.4. The van der Waals surface area contributed by atoms with E-state index in [1.807, 2.05) is 30.3 Å². The normalized spacial score (nSPS) is 12.0. The van der Waals surface area contributed by atoms with Gasteiger partial charge in [-0.1, -0.05) is 44.2 Å². The van der Waals surface area contributed by atoms with Crippen molar-refractivity contribution < 1.29 is 38.8 Å². The Morgan fingerprint density at radius 1 is 0.912 bits per heavy atom. The molecular weight excluding hydrogens is 444 g/mol. The first-order valence-electron chi connectivity index (χ1n) is 10.4. The summed E-state index contributed by atoms with van der Waals surface area (Å²) < 4.78 is 15.5. The molecule has 10 heteroatoms. The van der Waals surface area contributed by atoms with Gasteiger partial charge in [-0.15, -0.1) is 0 Å². The van der Waals surface area contributed by atoms with Crippen molar-refractivity contribution in [3.05, 3.63) is 53.6 Å². The minimum Gasteiger partial charge on any atom is -0.493 e. The largest absolute Gasteiger partial charge is 0.493 e. The molecule has 5 N–H and O–H groups in total. The Hall–Kier alpha value is -3.79. The summed E-state index contributed by atoms with van der Waals surface area (Å²) in [7, 11) is 4.33. The van der Waals surface area contributed by atoms with Gasteiger partial charge in [-0.2, -0.15) is 0 Å². The fourth-order valence-corrected chi connectivity index (χ4v) is 2.91. The minimum atomic E-state index is -1.09. The van der Waals surface area contributed by atoms with Crippen LogP contribution in [0.3, 0.4) is 0 Å². The number of carbonyl (C=O) groups is 3. The molecule has 0 radical (unpaired) electrons. The number of carbonyl (C=O) groups excluding carboxylic acids is 1. The smallest absolute Gasteiger partial charge is 0.326 e. The van der Waals surface area contributed by atoms with Crippen LogP contribution in [0.5, 0.6) is 17.2 Å². The Labute approximate surface area is 198 Å². The number of hydrogen-bond acceptors (Lipinski definition) is 7. The lowest BCUT2D eigenvalue weighted by atomic mass is 10.0. The van der Waals surface area contributed by atoms with Gasteiger partial charge in [-0.25, -0.2) is 4.79 Å². The van der Waals surface area contributed by atoms with Gasteiger partial charge in [0.15, 0.2) is 11.5 Å². The van der Waals surface area contributed by atoms with Crippen LogP contribution in [0.15, 0.2) is 42.5 Å². The lowest BCUT2D eigenvalue weighted by Gasteiger charge is -2.19. The maximum Gasteiger partial charge on any atom is 0.326 e. The zero-order valence-corrected chi connectivity index (χ0v) is 19.9. The van der Waals surface area contributed by atoms with Crippen molar-refractivity contribution in [1.82, 2.24) is 5.32 Å². The van der Waals surface area contributed by atoms with E-state index in [9.17, 15) is 14.4 Å². The van der Waals surface area contributed by atoms with Gasteiger partial charge in [0, 0.05) is 5.56 Å². The van der Waals surface area contributed by atoms with Crippen LogP contribution in [0.4, 0.5) is 0 Å². The average molecular weight is 477 g/mol. The molecule has 34 heavy (non-hydrogen) atoms. The number of nitrogens with two attached hydrogens (primary N) is 1. The maximum atomic E-state index is 12.3. The number of hydrogen-bond donors (Lipinski definition) is 4. The Morgan fingerprint density at radius 2 is 1.44 bits per heavy atom. The lowest BCUT2D eigenvalue weighted by molar-refractivity contribution is -0.140. The van der Waals surface area contributed by atoms with E-state index in [1.165, 1.54) is 33.5 Å². The Morgan fingerprint density at radius 3 is 1.82 bits per heavy atom. The molecule has 2 rings (SSSR count). The van der Waals surface area contributed by atoms with E-state index in [0.29, 0.717) is 23.7 Å². The summed E-state index contributed by atoms with van der Waals surface area (Å²) in [5.74, 6) is -1.81. The molecule has 0 spiro atoms. The van der Waals surface area contributed by atoms with Crippen LogP contribution in [0, 0.1) is 5.92 Å². The third kappa shape index (κ3) is 8.28. The molecule has 0 aliphatic heterocycles. The Bertz CT molecular complexity index is 938. The zero-order chi connectivity index (χ0) is 25.8. The minimum absolute atomic E-state index is 0.224. The van der Waals surface area contributed by atoms with Gasteiger partial charge < -0.3 is 35.5 Å². The highest BCUT2D eigenvalue weighted by atomic mass is 16.5. The van der Waals surface area contributed by atoms with Gasteiger partial charge in [0.1, 0.15) is 12.1 Å². The molecule has 2 atom stereocenters. The molecule has 0 heterocycles. The molecule has 10 nitrogen and oxygen atoms in total. The second-order valence-electron chi connectivity index (χ2n) is 7.58. The van der Waals surface area contributed by atoms with Gasteiger partial charge >= 0.3 is 11.9 Å². The van der Waals surface area contributed by atoms with Crippen molar-refractivity contribution in [1.29, 1.82) is 0 Å². The molecule has 2 unspecified atom stereocenters. The van der Waals surface area contributed by atoms with E-state index in [1.54, 1.807) is 13.8 Å². The number of ether oxygens (including phenoxy) is 3. The number of rotatable bonds is 10. The SMILES string of the molecule is COc1cc(C(=O)NC(C(=O)O)C(C)C)cc(OC)c1OC.NC(Cc1ccccc1)C(=O)O. The van der Waals surface area contributed by atoms with Crippen LogP contribution in [0.25, 0.3) is 0 Å². The fourth-order valence-electron chi connectivity index (χ4n) is 2.91. The average Bonchev–Trinajstić information content (AvgIpc) is 2.81.